The summed E-state index contributed by atoms with van der Waals surface area (Å²) in [5.41, 5.74) is 3.16. The van der Waals surface area contributed by atoms with E-state index in [4.69, 9.17) is 0 Å². The van der Waals surface area contributed by atoms with Gasteiger partial charge in [-0.1, -0.05) is 18.2 Å². The van der Waals surface area contributed by atoms with Gasteiger partial charge >= 0.3 is 0 Å². The molecule has 0 saturated carbocycles. The highest BCUT2D eigenvalue weighted by Crippen LogP contribution is 2.15. The van der Waals surface area contributed by atoms with Crippen LogP contribution in [-0.2, 0) is 11.2 Å². The van der Waals surface area contributed by atoms with Crippen LogP contribution in [0.5, 0.6) is 0 Å². The van der Waals surface area contributed by atoms with Gasteiger partial charge in [-0.2, -0.15) is 0 Å². The van der Waals surface area contributed by atoms with Crippen molar-refractivity contribution in [3.05, 3.63) is 70.3 Å². The van der Waals surface area contributed by atoms with Crippen molar-refractivity contribution in [1.82, 2.24) is 9.80 Å². The van der Waals surface area contributed by atoms with Crippen LogP contribution >= 0.6 is 0 Å². The molecule has 3 rings (SSSR count). The van der Waals surface area contributed by atoms with Gasteiger partial charge in [-0.15, -0.1) is 0 Å². The van der Waals surface area contributed by atoms with E-state index < -0.39 is 17.5 Å². The average molecular weight is 372 g/mol. The first kappa shape index (κ1) is 19.0. The Hall–Kier alpha value is -2.76. The van der Waals surface area contributed by atoms with Gasteiger partial charge in [0, 0.05) is 32.2 Å². The Labute approximate surface area is 157 Å². The molecule has 0 atom stereocenters. The van der Waals surface area contributed by atoms with Gasteiger partial charge < -0.3 is 9.80 Å². The van der Waals surface area contributed by atoms with Gasteiger partial charge in [0.15, 0.2) is 0 Å². The minimum absolute atomic E-state index is 0.0123. The summed E-state index contributed by atoms with van der Waals surface area (Å²) in [5.74, 6) is -2.05. The number of hydrogen-bond acceptors (Lipinski definition) is 2. The van der Waals surface area contributed by atoms with Gasteiger partial charge in [0.25, 0.3) is 5.91 Å². The molecule has 2 aromatic carbocycles. The number of benzene rings is 2. The van der Waals surface area contributed by atoms with Crippen LogP contribution in [0.4, 0.5) is 8.78 Å². The summed E-state index contributed by atoms with van der Waals surface area (Å²) < 4.78 is 26.8. The number of rotatable bonds is 3. The highest BCUT2D eigenvalue weighted by molar-refractivity contribution is 5.94. The number of halogens is 2. The summed E-state index contributed by atoms with van der Waals surface area (Å²) in [6.07, 6.45) is 0.321. The predicted molar refractivity (Wildman–Crippen MR) is 98.5 cm³/mol. The van der Waals surface area contributed by atoms with Crippen molar-refractivity contribution >= 4 is 11.8 Å². The third-order valence-corrected chi connectivity index (χ3v) is 5.01. The molecular formula is C21H22F2N2O2. The molecule has 0 radical (unpaired) electrons. The lowest BCUT2D eigenvalue weighted by molar-refractivity contribution is -0.131. The summed E-state index contributed by atoms with van der Waals surface area (Å²) in [6, 6.07) is 8.91. The lowest BCUT2D eigenvalue weighted by Gasteiger charge is -2.35. The summed E-state index contributed by atoms with van der Waals surface area (Å²) >= 11 is 0. The number of nitrogens with zero attached hydrogens (tertiary/aromatic N) is 2. The third kappa shape index (κ3) is 4.32. The Bertz CT molecular complexity index is 874. The molecule has 1 heterocycles. The maximum absolute atomic E-state index is 13.8. The first-order chi connectivity index (χ1) is 12.8. The van der Waals surface area contributed by atoms with E-state index in [2.05, 4.69) is 0 Å². The zero-order valence-corrected chi connectivity index (χ0v) is 15.5. The van der Waals surface area contributed by atoms with Crippen molar-refractivity contribution in [3.63, 3.8) is 0 Å². The number of carbonyl (C=O) groups excluding carboxylic acids is 2. The van der Waals surface area contributed by atoms with Crippen LogP contribution < -0.4 is 0 Å². The van der Waals surface area contributed by atoms with Crippen molar-refractivity contribution in [2.45, 2.75) is 20.3 Å². The molecule has 0 unspecified atom stereocenters. The second-order valence-electron chi connectivity index (χ2n) is 6.89. The first-order valence-electron chi connectivity index (χ1n) is 8.93. The zero-order valence-electron chi connectivity index (χ0n) is 15.5. The van der Waals surface area contributed by atoms with E-state index in [-0.39, 0.29) is 11.5 Å². The first-order valence-corrected chi connectivity index (χ1v) is 8.93. The molecular weight excluding hydrogens is 350 g/mol. The van der Waals surface area contributed by atoms with Crippen LogP contribution in [0, 0.1) is 25.5 Å². The largest absolute Gasteiger partial charge is 0.339 e. The van der Waals surface area contributed by atoms with E-state index >= 15 is 0 Å². The second kappa shape index (κ2) is 7.86. The maximum atomic E-state index is 13.8. The van der Waals surface area contributed by atoms with E-state index in [0.717, 1.165) is 23.3 Å². The molecule has 1 aliphatic heterocycles. The van der Waals surface area contributed by atoms with Gasteiger partial charge in [-0.05, 0) is 42.7 Å². The summed E-state index contributed by atoms with van der Waals surface area (Å²) in [4.78, 5) is 28.2. The number of hydrogen-bond donors (Lipinski definition) is 0. The molecule has 142 valence electrons. The lowest BCUT2D eigenvalue weighted by Crippen LogP contribution is -2.51. The van der Waals surface area contributed by atoms with E-state index in [1.807, 2.05) is 32.0 Å². The Balaban J connectivity index is 1.58. The van der Waals surface area contributed by atoms with E-state index in [9.17, 15) is 18.4 Å². The number of aryl methyl sites for hydroxylation is 2. The molecule has 2 amide bonds. The number of piperazine rings is 1. The number of amides is 2. The Morgan fingerprint density at radius 2 is 1.56 bits per heavy atom. The van der Waals surface area contributed by atoms with Gasteiger partial charge in [0.05, 0.1) is 12.0 Å². The topological polar surface area (TPSA) is 40.6 Å². The summed E-state index contributed by atoms with van der Waals surface area (Å²) in [5, 5.41) is 0. The standard InChI is InChI=1S/C21H22F2N2O2/c1-14-3-4-16(11-15(14)2)12-20(26)24-7-9-25(10-8-24)21(27)18-6-5-17(22)13-19(18)23/h3-6,11,13H,7-10,12H2,1-2H3. The van der Waals surface area contributed by atoms with E-state index in [0.29, 0.717) is 38.7 Å². The molecule has 0 bridgehead atoms. The van der Waals surface area contributed by atoms with Crippen molar-refractivity contribution in [3.8, 4) is 0 Å². The lowest BCUT2D eigenvalue weighted by atomic mass is 10.0. The van der Waals surface area contributed by atoms with E-state index in [1.54, 1.807) is 4.90 Å². The highest BCUT2D eigenvalue weighted by Gasteiger charge is 2.26. The van der Waals surface area contributed by atoms with E-state index in [1.165, 1.54) is 10.5 Å². The molecule has 6 heteroatoms. The predicted octanol–water partition coefficient (Wildman–Crippen LogP) is 3.11. The van der Waals surface area contributed by atoms with Crippen molar-refractivity contribution < 1.29 is 18.4 Å². The number of carbonyl (C=O) groups is 2. The van der Waals surface area contributed by atoms with Crippen molar-refractivity contribution in [2.75, 3.05) is 26.2 Å². The Morgan fingerprint density at radius 1 is 0.889 bits per heavy atom. The fourth-order valence-corrected chi connectivity index (χ4v) is 3.19. The quantitative estimate of drug-likeness (QED) is 0.831. The molecule has 1 saturated heterocycles. The van der Waals surface area contributed by atoms with Gasteiger partial charge in [-0.25, -0.2) is 8.78 Å². The molecule has 0 aromatic heterocycles. The second-order valence-corrected chi connectivity index (χ2v) is 6.89. The van der Waals surface area contributed by atoms with Crippen LogP contribution in [-0.4, -0.2) is 47.8 Å². The van der Waals surface area contributed by atoms with Crippen LogP contribution in [0.1, 0.15) is 27.0 Å². The fourth-order valence-electron chi connectivity index (χ4n) is 3.19. The summed E-state index contributed by atoms with van der Waals surface area (Å²) in [7, 11) is 0. The zero-order chi connectivity index (χ0) is 19.6. The minimum Gasteiger partial charge on any atom is -0.339 e. The smallest absolute Gasteiger partial charge is 0.256 e. The maximum Gasteiger partial charge on any atom is 0.256 e. The SMILES string of the molecule is Cc1ccc(CC(=O)N2CCN(C(=O)c3ccc(F)cc3F)CC2)cc1C. The van der Waals surface area contributed by atoms with Gasteiger partial charge in [0.2, 0.25) is 5.91 Å². The van der Waals surface area contributed by atoms with Gasteiger partial charge in [-0.3, -0.25) is 9.59 Å². The van der Waals surface area contributed by atoms with Crippen LogP contribution in [0.2, 0.25) is 0 Å². The normalized spacial score (nSPS) is 14.4. The van der Waals surface area contributed by atoms with Crippen LogP contribution in [0.25, 0.3) is 0 Å². The van der Waals surface area contributed by atoms with Crippen LogP contribution in [0.3, 0.4) is 0 Å². The van der Waals surface area contributed by atoms with Gasteiger partial charge in [0.1, 0.15) is 11.6 Å². The van der Waals surface area contributed by atoms with Crippen LogP contribution in [0.15, 0.2) is 36.4 Å². The molecule has 0 spiro atoms. The fraction of sp³-hybridized carbons (Fsp3) is 0.333. The minimum atomic E-state index is -0.867. The molecule has 0 N–H and O–H groups in total. The molecule has 0 aliphatic carbocycles. The molecule has 2 aromatic rings. The third-order valence-electron chi connectivity index (χ3n) is 5.01. The average Bonchev–Trinajstić information content (AvgIpc) is 2.64. The van der Waals surface area contributed by atoms with Crippen molar-refractivity contribution in [2.24, 2.45) is 0 Å². The Kier molecular flexibility index (Phi) is 5.54. The molecule has 4 nitrogen and oxygen atoms in total. The van der Waals surface area contributed by atoms with Crippen molar-refractivity contribution in [1.29, 1.82) is 0 Å². The highest BCUT2D eigenvalue weighted by atomic mass is 19.1. The Morgan fingerprint density at radius 3 is 2.19 bits per heavy atom. The molecule has 1 fully saturated rings. The summed E-state index contributed by atoms with van der Waals surface area (Å²) in [6.45, 7) is 5.50. The monoisotopic (exact) mass is 372 g/mol. The molecule has 1 aliphatic rings. The molecule has 27 heavy (non-hydrogen) atoms.